The van der Waals surface area contributed by atoms with Crippen LogP contribution >= 0.6 is 23.2 Å². The molecule has 0 aromatic heterocycles. The number of nitrogens with two attached hydrogens (primary N) is 1. The second-order valence-electron chi connectivity index (χ2n) is 5.15. The Kier molecular flexibility index (Phi) is 5.95. The molecule has 0 heterocycles. The van der Waals surface area contributed by atoms with Crippen molar-refractivity contribution in [1.29, 1.82) is 0 Å². The third-order valence-electron chi connectivity index (χ3n) is 3.21. The first-order valence-corrected chi connectivity index (χ1v) is 7.76. The lowest BCUT2D eigenvalue weighted by molar-refractivity contribution is 0.219. The van der Waals surface area contributed by atoms with Gasteiger partial charge in [-0.3, -0.25) is 0 Å². The van der Waals surface area contributed by atoms with E-state index in [0.717, 1.165) is 16.9 Å². The quantitative estimate of drug-likeness (QED) is 0.848. The summed E-state index contributed by atoms with van der Waals surface area (Å²) in [5.74, 6) is 1.32. The van der Waals surface area contributed by atoms with E-state index < -0.39 is 0 Å². The van der Waals surface area contributed by atoms with Gasteiger partial charge in [0.2, 0.25) is 0 Å². The number of hydrogen-bond acceptors (Lipinski definition) is 3. The van der Waals surface area contributed by atoms with Gasteiger partial charge in [-0.25, -0.2) is 0 Å². The van der Waals surface area contributed by atoms with Gasteiger partial charge < -0.3 is 15.2 Å². The van der Waals surface area contributed by atoms with Crippen LogP contribution in [0.2, 0.25) is 10.0 Å². The van der Waals surface area contributed by atoms with E-state index in [-0.39, 0.29) is 12.6 Å². The number of benzene rings is 2. The Bertz CT molecular complexity index is 551. The Morgan fingerprint density at radius 2 is 1.32 bits per heavy atom. The Balaban J connectivity index is 1.90. The Labute approximate surface area is 140 Å². The van der Waals surface area contributed by atoms with Crippen LogP contribution in [0.25, 0.3) is 0 Å². The molecule has 22 heavy (non-hydrogen) atoms. The molecule has 0 saturated heterocycles. The number of halogens is 2. The van der Waals surface area contributed by atoms with E-state index in [1.54, 1.807) is 18.2 Å². The van der Waals surface area contributed by atoms with E-state index >= 15 is 0 Å². The molecule has 2 aromatic rings. The summed E-state index contributed by atoms with van der Waals surface area (Å²) >= 11 is 12.1. The highest BCUT2D eigenvalue weighted by Crippen LogP contribution is 2.32. The molecule has 0 radical (unpaired) electrons. The van der Waals surface area contributed by atoms with Crippen LogP contribution in [0, 0.1) is 13.8 Å². The molecule has 0 aliphatic carbocycles. The number of ether oxygens (including phenoxy) is 2. The third kappa shape index (κ3) is 4.29. The Hall–Kier alpha value is -1.42. The van der Waals surface area contributed by atoms with Gasteiger partial charge in [0.25, 0.3) is 0 Å². The van der Waals surface area contributed by atoms with Crippen molar-refractivity contribution in [3.63, 3.8) is 0 Å². The van der Waals surface area contributed by atoms with Crippen molar-refractivity contribution in [2.24, 2.45) is 5.73 Å². The van der Waals surface area contributed by atoms with E-state index in [2.05, 4.69) is 0 Å². The first-order chi connectivity index (χ1) is 10.5. The fraction of sp³-hybridized carbons (Fsp3) is 0.294. The van der Waals surface area contributed by atoms with E-state index in [1.807, 2.05) is 32.0 Å². The minimum Gasteiger partial charge on any atom is -0.491 e. The van der Waals surface area contributed by atoms with E-state index in [1.165, 1.54) is 0 Å². The third-order valence-corrected chi connectivity index (χ3v) is 3.81. The smallest absolute Gasteiger partial charge is 0.156 e. The normalized spacial score (nSPS) is 12.0. The van der Waals surface area contributed by atoms with E-state index in [4.69, 9.17) is 38.4 Å². The lowest BCUT2D eigenvalue weighted by atomic mass is 10.1. The molecule has 5 heteroatoms. The lowest BCUT2D eigenvalue weighted by Gasteiger charge is -2.17. The molecule has 1 unspecified atom stereocenters. The maximum Gasteiger partial charge on any atom is 0.156 e. The molecular weight excluding hydrogens is 321 g/mol. The zero-order valence-electron chi connectivity index (χ0n) is 12.6. The van der Waals surface area contributed by atoms with Crippen molar-refractivity contribution in [2.45, 2.75) is 19.9 Å². The zero-order valence-corrected chi connectivity index (χ0v) is 14.1. The van der Waals surface area contributed by atoms with E-state index in [0.29, 0.717) is 22.4 Å². The number of aryl methyl sites for hydroxylation is 2. The SMILES string of the molecule is Cc1cccc(C)c1OCC(N)COc1c(Cl)cccc1Cl. The van der Waals surface area contributed by atoms with Crippen molar-refractivity contribution in [2.75, 3.05) is 13.2 Å². The van der Waals surface area contributed by atoms with Crippen LogP contribution < -0.4 is 15.2 Å². The van der Waals surface area contributed by atoms with Gasteiger partial charge in [0, 0.05) is 0 Å². The topological polar surface area (TPSA) is 44.5 Å². The number of rotatable bonds is 6. The highest BCUT2D eigenvalue weighted by atomic mass is 35.5. The lowest BCUT2D eigenvalue weighted by Crippen LogP contribution is -2.34. The molecule has 0 aliphatic heterocycles. The monoisotopic (exact) mass is 339 g/mol. The van der Waals surface area contributed by atoms with Crippen molar-refractivity contribution < 1.29 is 9.47 Å². The maximum atomic E-state index is 6.05. The maximum absolute atomic E-state index is 6.05. The fourth-order valence-electron chi connectivity index (χ4n) is 2.08. The minimum absolute atomic E-state index is 0.272. The first kappa shape index (κ1) is 16.9. The number of para-hydroxylation sites is 2. The predicted octanol–water partition coefficient (Wildman–Crippen LogP) is 4.40. The molecule has 2 aromatic carbocycles. The molecular formula is C17H19Cl2NO2. The van der Waals surface area contributed by atoms with Crippen molar-refractivity contribution in [3.8, 4) is 11.5 Å². The van der Waals surface area contributed by atoms with Crippen molar-refractivity contribution in [1.82, 2.24) is 0 Å². The molecule has 3 nitrogen and oxygen atoms in total. The molecule has 0 saturated carbocycles. The summed E-state index contributed by atoms with van der Waals surface area (Å²) in [4.78, 5) is 0. The van der Waals surface area contributed by atoms with Crippen LogP contribution in [-0.2, 0) is 0 Å². The second kappa shape index (κ2) is 7.73. The van der Waals surface area contributed by atoms with Crippen LogP contribution in [0.1, 0.15) is 11.1 Å². The summed E-state index contributed by atoms with van der Waals surface area (Å²) in [6.45, 7) is 4.64. The summed E-state index contributed by atoms with van der Waals surface area (Å²) in [6.07, 6.45) is 0. The summed E-state index contributed by atoms with van der Waals surface area (Å²) < 4.78 is 11.4. The van der Waals surface area contributed by atoms with Gasteiger partial charge in [0.15, 0.2) is 5.75 Å². The van der Waals surface area contributed by atoms with Gasteiger partial charge in [0.1, 0.15) is 19.0 Å². The fourth-order valence-corrected chi connectivity index (χ4v) is 2.58. The first-order valence-electron chi connectivity index (χ1n) is 7.00. The van der Waals surface area contributed by atoms with Gasteiger partial charge in [-0.1, -0.05) is 47.5 Å². The molecule has 0 bridgehead atoms. The minimum atomic E-state index is -0.286. The van der Waals surface area contributed by atoms with Crippen molar-refractivity contribution in [3.05, 3.63) is 57.6 Å². The predicted molar refractivity (Wildman–Crippen MR) is 91.3 cm³/mol. The highest BCUT2D eigenvalue weighted by molar-refractivity contribution is 6.37. The number of hydrogen-bond donors (Lipinski definition) is 1. The molecule has 118 valence electrons. The van der Waals surface area contributed by atoms with Crippen LogP contribution in [0.4, 0.5) is 0 Å². The summed E-state index contributed by atoms with van der Waals surface area (Å²) in [7, 11) is 0. The van der Waals surface area contributed by atoms with Crippen LogP contribution in [0.3, 0.4) is 0 Å². The van der Waals surface area contributed by atoms with Gasteiger partial charge >= 0.3 is 0 Å². The zero-order chi connectivity index (χ0) is 16.1. The summed E-state index contributed by atoms with van der Waals surface area (Å²) in [6, 6.07) is 10.9. The van der Waals surface area contributed by atoms with Gasteiger partial charge in [-0.15, -0.1) is 0 Å². The van der Waals surface area contributed by atoms with Gasteiger partial charge in [-0.05, 0) is 37.1 Å². The molecule has 0 amide bonds. The molecule has 1 atom stereocenters. The van der Waals surface area contributed by atoms with E-state index in [9.17, 15) is 0 Å². The van der Waals surface area contributed by atoms with Crippen LogP contribution in [-0.4, -0.2) is 19.3 Å². The van der Waals surface area contributed by atoms with Gasteiger partial charge in [0.05, 0.1) is 16.1 Å². The van der Waals surface area contributed by atoms with Crippen LogP contribution in [0.15, 0.2) is 36.4 Å². The van der Waals surface area contributed by atoms with Crippen molar-refractivity contribution >= 4 is 23.2 Å². The summed E-state index contributed by atoms with van der Waals surface area (Å²) in [5.41, 5.74) is 8.20. The average molecular weight is 340 g/mol. The van der Waals surface area contributed by atoms with Gasteiger partial charge in [-0.2, -0.15) is 0 Å². The standard InChI is InChI=1S/C17H19Cl2NO2/c1-11-5-3-6-12(2)16(11)21-9-13(20)10-22-17-14(18)7-4-8-15(17)19/h3-8,13H,9-10,20H2,1-2H3. The molecule has 2 rings (SSSR count). The molecule has 0 aliphatic rings. The second-order valence-corrected chi connectivity index (χ2v) is 5.97. The van der Waals surface area contributed by atoms with Crippen LogP contribution in [0.5, 0.6) is 11.5 Å². The Morgan fingerprint density at radius 3 is 1.86 bits per heavy atom. The largest absolute Gasteiger partial charge is 0.491 e. The highest BCUT2D eigenvalue weighted by Gasteiger charge is 2.11. The molecule has 2 N–H and O–H groups in total. The molecule has 0 spiro atoms. The molecule has 0 fully saturated rings. The summed E-state index contributed by atoms with van der Waals surface area (Å²) in [5, 5.41) is 0.936. The average Bonchev–Trinajstić information content (AvgIpc) is 2.46. The Morgan fingerprint density at radius 1 is 0.864 bits per heavy atom.